The quantitative estimate of drug-likeness (QED) is 0.602. The fourth-order valence-electron chi connectivity index (χ4n) is 1.02. The Hall–Kier alpha value is -1.04. The summed E-state index contributed by atoms with van der Waals surface area (Å²) in [7, 11) is 0. The van der Waals surface area contributed by atoms with Crippen molar-refractivity contribution in [3.63, 3.8) is 0 Å². The monoisotopic (exact) mass is 174 g/mol. The van der Waals surface area contributed by atoms with Gasteiger partial charge >= 0.3 is 0 Å². The molecule has 0 atom stereocenters. The molecule has 0 aliphatic rings. The maximum absolute atomic E-state index is 2.23. The molecule has 0 unspecified atom stereocenters. The Labute approximate surface area is 81.3 Å². The zero-order chi connectivity index (χ0) is 9.90. The third-order valence-corrected chi connectivity index (χ3v) is 1.85. The van der Waals surface area contributed by atoms with Crippen molar-refractivity contribution in [2.24, 2.45) is 5.41 Å². The van der Waals surface area contributed by atoms with Crippen LogP contribution in [0.4, 0.5) is 0 Å². The molecule has 0 aliphatic heterocycles. The van der Waals surface area contributed by atoms with Crippen LogP contribution in [-0.4, -0.2) is 0 Å². The van der Waals surface area contributed by atoms with E-state index in [1.54, 1.807) is 0 Å². The highest BCUT2D eigenvalue weighted by Gasteiger charge is 2.02. The van der Waals surface area contributed by atoms with Gasteiger partial charge in [0.1, 0.15) is 0 Å². The summed E-state index contributed by atoms with van der Waals surface area (Å²) in [6.07, 6.45) is 4.41. The molecule has 0 saturated carbocycles. The lowest BCUT2D eigenvalue weighted by atomic mass is 9.95. The summed E-state index contributed by atoms with van der Waals surface area (Å²) >= 11 is 0. The Bertz CT molecular complexity index is 283. The molecular weight excluding hydrogens is 156 g/mol. The third-order valence-electron chi connectivity index (χ3n) is 1.85. The minimum absolute atomic E-state index is 0.269. The van der Waals surface area contributed by atoms with Crippen molar-refractivity contribution in [1.82, 2.24) is 0 Å². The van der Waals surface area contributed by atoms with Gasteiger partial charge in [0.15, 0.2) is 0 Å². The Morgan fingerprint density at radius 3 is 2.00 bits per heavy atom. The van der Waals surface area contributed by atoms with Gasteiger partial charge in [-0.3, -0.25) is 0 Å². The SMILES string of the molecule is Cc1ccc(/C=C/C(C)(C)C)cc1. The molecule has 1 aromatic rings. The maximum atomic E-state index is 2.23. The fourth-order valence-corrected chi connectivity index (χ4v) is 1.02. The molecule has 0 aromatic heterocycles. The lowest BCUT2D eigenvalue weighted by Gasteiger charge is -2.10. The lowest BCUT2D eigenvalue weighted by molar-refractivity contribution is 0.547. The van der Waals surface area contributed by atoms with E-state index in [2.05, 4.69) is 64.1 Å². The van der Waals surface area contributed by atoms with Crippen LogP contribution < -0.4 is 0 Å². The van der Waals surface area contributed by atoms with Crippen molar-refractivity contribution in [3.05, 3.63) is 41.5 Å². The van der Waals surface area contributed by atoms with Gasteiger partial charge in [-0.2, -0.15) is 0 Å². The second kappa shape index (κ2) is 3.78. The Morgan fingerprint density at radius 2 is 1.54 bits per heavy atom. The number of allylic oxidation sites excluding steroid dienone is 1. The molecule has 0 heterocycles. The summed E-state index contributed by atoms with van der Waals surface area (Å²) in [5.41, 5.74) is 2.86. The first kappa shape index (κ1) is 10.0. The van der Waals surface area contributed by atoms with Gasteiger partial charge in [0.05, 0.1) is 0 Å². The Balaban J connectivity index is 2.75. The zero-order valence-corrected chi connectivity index (χ0v) is 8.96. The highest BCUT2D eigenvalue weighted by molar-refractivity contribution is 5.50. The first-order valence-corrected chi connectivity index (χ1v) is 4.73. The molecule has 0 fully saturated rings. The summed E-state index contributed by atoms with van der Waals surface area (Å²) in [4.78, 5) is 0. The Morgan fingerprint density at radius 1 is 1.00 bits per heavy atom. The molecule has 0 bridgehead atoms. The molecule has 70 valence electrons. The number of aryl methyl sites for hydroxylation is 1. The minimum atomic E-state index is 0.269. The molecule has 1 aromatic carbocycles. The van der Waals surface area contributed by atoms with Crippen molar-refractivity contribution < 1.29 is 0 Å². The fraction of sp³-hybridized carbons (Fsp3) is 0.385. The van der Waals surface area contributed by atoms with Crippen molar-refractivity contribution in [3.8, 4) is 0 Å². The summed E-state index contributed by atoms with van der Waals surface area (Å²) in [6, 6.07) is 8.58. The average molecular weight is 174 g/mol. The third kappa shape index (κ3) is 3.93. The van der Waals surface area contributed by atoms with E-state index in [1.165, 1.54) is 11.1 Å². The molecule has 0 radical (unpaired) electrons. The van der Waals surface area contributed by atoms with Gasteiger partial charge < -0.3 is 0 Å². The summed E-state index contributed by atoms with van der Waals surface area (Å²) < 4.78 is 0. The predicted molar refractivity (Wildman–Crippen MR) is 59.7 cm³/mol. The summed E-state index contributed by atoms with van der Waals surface area (Å²) in [6.45, 7) is 8.73. The van der Waals surface area contributed by atoms with E-state index in [9.17, 15) is 0 Å². The van der Waals surface area contributed by atoms with Crippen molar-refractivity contribution in [2.45, 2.75) is 27.7 Å². The second-order valence-electron chi connectivity index (χ2n) is 4.61. The number of hydrogen-bond donors (Lipinski definition) is 0. The molecule has 0 spiro atoms. The normalized spacial score (nSPS) is 12.3. The lowest BCUT2D eigenvalue weighted by Crippen LogP contribution is -1.97. The van der Waals surface area contributed by atoms with Crippen LogP contribution in [0, 0.1) is 12.3 Å². The molecule has 1 rings (SSSR count). The van der Waals surface area contributed by atoms with Crippen LogP contribution in [0.5, 0.6) is 0 Å². The van der Waals surface area contributed by atoms with E-state index >= 15 is 0 Å². The van der Waals surface area contributed by atoms with Crippen LogP contribution in [0.25, 0.3) is 6.08 Å². The summed E-state index contributed by atoms with van der Waals surface area (Å²) in [5.74, 6) is 0. The first-order valence-electron chi connectivity index (χ1n) is 4.73. The van der Waals surface area contributed by atoms with Crippen LogP contribution in [-0.2, 0) is 0 Å². The second-order valence-corrected chi connectivity index (χ2v) is 4.61. The van der Waals surface area contributed by atoms with Gasteiger partial charge in [0.2, 0.25) is 0 Å². The van der Waals surface area contributed by atoms with Gasteiger partial charge in [0.25, 0.3) is 0 Å². The van der Waals surface area contributed by atoms with Crippen LogP contribution >= 0.6 is 0 Å². The van der Waals surface area contributed by atoms with Gasteiger partial charge in [-0.25, -0.2) is 0 Å². The van der Waals surface area contributed by atoms with E-state index in [-0.39, 0.29) is 5.41 Å². The van der Waals surface area contributed by atoms with Gasteiger partial charge in [-0.15, -0.1) is 0 Å². The summed E-state index contributed by atoms with van der Waals surface area (Å²) in [5, 5.41) is 0. The predicted octanol–water partition coefficient (Wildman–Crippen LogP) is 4.05. The zero-order valence-electron chi connectivity index (χ0n) is 8.96. The molecule has 0 nitrogen and oxygen atoms in total. The van der Waals surface area contributed by atoms with E-state index in [0.717, 1.165) is 0 Å². The van der Waals surface area contributed by atoms with Crippen LogP contribution in [0.15, 0.2) is 30.3 Å². The van der Waals surface area contributed by atoms with Gasteiger partial charge in [-0.05, 0) is 17.9 Å². The topological polar surface area (TPSA) is 0 Å². The number of hydrogen-bond acceptors (Lipinski definition) is 0. The minimum Gasteiger partial charge on any atom is -0.0785 e. The molecule has 13 heavy (non-hydrogen) atoms. The Kier molecular flexibility index (Phi) is 2.92. The smallest absolute Gasteiger partial charge is 0.0200 e. The van der Waals surface area contributed by atoms with Crippen molar-refractivity contribution in [1.29, 1.82) is 0 Å². The van der Waals surface area contributed by atoms with E-state index in [0.29, 0.717) is 0 Å². The molecule has 0 aliphatic carbocycles. The van der Waals surface area contributed by atoms with Crippen LogP contribution in [0.2, 0.25) is 0 Å². The average Bonchev–Trinajstić information content (AvgIpc) is 2.02. The van der Waals surface area contributed by atoms with Crippen molar-refractivity contribution in [2.75, 3.05) is 0 Å². The first-order chi connectivity index (χ1) is 5.97. The van der Waals surface area contributed by atoms with Crippen LogP contribution in [0.1, 0.15) is 31.9 Å². The van der Waals surface area contributed by atoms with E-state index in [4.69, 9.17) is 0 Å². The molecule has 0 amide bonds. The highest BCUT2D eigenvalue weighted by atomic mass is 14.1. The van der Waals surface area contributed by atoms with E-state index < -0.39 is 0 Å². The standard InChI is InChI=1S/C13H18/c1-11-5-7-12(8-6-11)9-10-13(2,3)4/h5-10H,1-4H3/b10-9+. The molecule has 0 heteroatoms. The van der Waals surface area contributed by atoms with E-state index in [1.807, 2.05) is 0 Å². The van der Waals surface area contributed by atoms with Gasteiger partial charge in [-0.1, -0.05) is 62.8 Å². The number of benzene rings is 1. The maximum Gasteiger partial charge on any atom is -0.0200 e. The molecular formula is C13H18. The number of rotatable bonds is 1. The molecule has 0 N–H and O–H groups in total. The highest BCUT2D eigenvalue weighted by Crippen LogP contribution is 2.17. The van der Waals surface area contributed by atoms with Crippen molar-refractivity contribution >= 4 is 6.08 Å². The largest absolute Gasteiger partial charge is 0.0785 e. The van der Waals surface area contributed by atoms with Crippen LogP contribution in [0.3, 0.4) is 0 Å². The molecule has 0 saturated heterocycles. The van der Waals surface area contributed by atoms with Gasteiger partial charge in [0, 0.05) is 0 Å².